The van der Waals surface area contributed by atoms with E-state index < -0.39 is 5.60 Å². The lowest BCUT2D eigenvalue weighted by Crippen LogP contribution is -2.41. The monoisotopic (exact) mass is 182 g/mol. The lowest BCUT2D eigenvalue weighted by Gasteiger charge is -2.36. The maximum absolute atomic E-state index is 11.5. The van der Waals surface area contributed by atoms with E-state index in [0.717, 1.165) is 38.5 Å². The van der Waals surface area contributed by atoms with Gasteiger partial charge in [0.1, 0.15) is 5.78 Å². The third-order valence-corrected chi connectivity index (χ3v) is 3.67. The molecule has 2 fully saturated rings. The Bertz CT molecular complexity index is 204. The SMILES string of the molecule is O=C1CCCC1C1(O)CCCCC1. The number of ketones is 1. The van der Waals surface area contributed by atoms with Gasteiger partial charge in [-0.05, 0) is 25.7 Å². The molecule has 0 aromatic heterocycles. The molecule has 74 valence electrons. The van der Waals surface area contributed by atoms with Crippen LogP contribution in [0.1, 0.15) is 51.4 Å². The van der Waals surface area contributed by atoms with E-state index in [1.54, 1.807) is 0 Å². The predicted octanol–water partition coefficient (Wildman–Crippen LogP) is 2.05. The molecule has 13 heavy (non-hydrogen) atoms. The lowest BCUT2D eigenvalue weighted by molar-refractivity contribution is -0.131. The first-order chi connectivity index (χ1) is 6.22. The van der Waals surface area contributed by atoms with Gasteiger partial charge in [-0.3, -0.25) is 4.79 Å². The molecule has 0 aliphatic heterocycles. The van der Waals surface area contributed by atoms with Crippen molar-refractivity contribution in [3.63, 3.8) is 0 Å². The van der Waals surface area contributed by atoms with Gasteiger partial charge in [0.25, 0.3) is 0 Å². The first kappa shape index (κ1) is 9.20. The zero-order chi connectivity index (χ0) is 9.31. The van der Waals surface area contributed by atoms with E-state index in [2.05, 4.69) is 0 Å². The Morgan fingerprint density at radius 3 is 2.38 bits per heavy atom. The Morgan fingerprint density at radius 2 is 1.85 bits per heavy atom. The summed E-state index contributed by atoms with van der Waals surface area (Å²) in [6, 6.07) is 0. The van der Waals surface area contributed by atoms with Crippen LogP contribution in [-0.2, 0) is 4.79 Å². The van der Waals surface area contributed by atoms with Gasteiger partial charge < -0.3 is 5.11 Å². The van der Waals surface area contributed by atoms with E-state index >= 15 is 0 Å². The van der Waals surface area contributed by atoms with Crippen LogP contribution in [-0.4, -0.2) is 16.5 Å². The van der Waals surface area contributed by atoms with Crippen molar-refractivity contribution in [3.05, 3.63) is 0 Å². The second kappa shape index (κ2) is 3.41. The number of rotatable bonds is 1. The fourth-order valence-electron chi connectivity index (χ4n) is 2.90. The van der Waals surface area contributed by atoms with Gasteiger partial charge in [-0.25, -0.2) is 0 Å². The largest absolute Gasteiger partial charge is 0.389 e. The standard InChI is InChI=1S/C11H18O2/c12-10-6-4-5-9(10)11(13)7-2-1-3-8-11/h9,13H,1-8H2. The molecular formula is C11H18O2. The van der Waals surface area contributed by atoms with Crippen molar-refractivity contribution in [2.45, 2.75) is 57.0 Å². The Hall–Kier alpha value is -0.370. The van der Waals surface area contributed by atoms with E-state index in [9.17, 15) is 9.90 Å². The number of carbonyl (C=O) groups excluding carboxylic acids is 1. The van der Waals surface area contributed by atoms with Crippen molar-refractivity contribution < 1.29 is 9.90 Å². The second-order valence-corrected chi connectivity index (χ2v) is 4.58. The Labute approximate surface area is 79.3 Å². The van der Waals surface area contributed by atoms with Crippen LogP contribution >= 0.6 is 0 Å². The van der Waals surface area contributed by atoms with Gasteiger partial charge in [0, 0.05) is 12.3 Å². The van der Waals surface area contributed by atoms with Crippen LogP contribution < -0.4 is 0 Å². The van der Waals surface area contributed by atoms with Crippen LogP contribution in [0.5, 0.6) is 0 Å². The van der Waals surface area contributed by atoms with E-state index in [4.69, 9.17) is 0 Å². The smallest absolute Gasteiger partial charge is 0.138 e. The molecule has 0 radical (unpaired) electrons. The maximum Gasteiger partial charge on any atom is 0.138 e. The average molecular weight is 182 g/mol. The molecule has 0 aromatic carbocycles. The summed E-state index contributed by atoms with van der Waals surface area (Å²) in [4.78, 5) is 11.5. The molecule has 0 aromatic rings. The highest BCUT2D eigenvalue weighted by atomic mass is 16.3. The summed E-state index contributed by atoms with van der Waals surface area (Å²) in [5, 5.41) is 10.3. The molecule has 1 atom stereocenters. The minimum atomic E-state index is -0.619. The predicted molar refractivity (Wildman–Crippen MR) is 50.4 cm³/mol. The maximum atomic E-state index is 11.5. The number of Topliss-reactive ketones (excluding diaryl/α,β-unsaturated/α-hetero) is 1. The van der Waals surface area contributed by atoms with Crippen molar-refractivity contribution in [1.82, 2.24) is 0 Å². The molecule has 0 saturated heterocycles. The molecular weight excluding hydrogens is 164 g/mol. The Kier molecular flexibility index (Phi) is 2.41. The summed E-state index contributed by atoms with van der Waals surface area (Å²) in [6.07, 6.45) is 7.74. The van der Waals surface area contributed by atoms with Gasteiger partial charge in [0.2, 0.25) is 0 Å². The molecule has 1 N–H and O–H groups in total. The number of carbonyl (C=O) groups is 1. The van der Waals surface area contributed by atoms with E-state index in [1.165, 1.54) is 6.42 Å². The van der Waals surface area contributed by atoms with Crippen LogP contribution in [0, 0.1) is 5.92 Å². The van der Waals surface area contributed by atoms with Crippen LogP contribution in [0.2, 0.25) is 0 Å². The number of hydrogen-bond acceptors (Lipinski definition) is 2. The normalized spacial score (nSPS) is 33.6. The average Bonchev–Trinajstić information content (AvgIpc) is 2.53. The molecule has 2 saturated carbocycles. The third kappa shape index (κ3) is 1.64. The van der Waals surface area contributed by atoms with Crippen molar-refractivity contribution in [2.24, 2.45) is 5.92 Å². The molecule has 1 unspecified atom stereocenters. The van der Waals surface area contributed by atoms with Crippen molar-refractivity contribution in [1.29, 1.82) is 0 Å². The lowest BCUT2D eigenvalue weighted by atomic mass is 9.74. The first-order valence-electron chi connectivity index (χ1n) is 5.47. The second-order valence-electron chi connectivity index (χ2n) is 4.58. The number of aliphatic hydroxyl groups is 1. The van der Waals surface area contributed by atoms with E-state index in [0.29, 0.717) is 12.2 Å². The van der Waals surface area contributed by atoms with Crippen LogP contribution in [0.4, 0.5) is 0 Å². The molecule has 2 nitrogen and oxygen atoms in total. The molecule has 0 amide bonds. The summed E-state index contributed by atoms with van der Waals surface area (Å²) in [5.74, 6) is 0.289. The molecule has 2 rings (SSSR count). The van der Waals surface area contributed by atoms with Crippen molar-refractivity contribution in [3.8, 4) is 0 Å². The highest BCUT2D eigenvalue weighted by Gasteiger charge is 2.43. The van der Waals surface area contributed by atoms with Crippen molar-refractivity contribution >= 4 is 5.78 Å². The van der Waals surface area contributed by atoms with E-state index in [-0.39, 0.29) is 5.92 Å². The van der Waals surface area contributed by atoms with Crippen molar-refractivity contribution in [2.75, 3.05) is 0 Å². The first-order valence-corrected chi connectivity index (χ1v) is 5.47. The molecule has 0 bridgehead atoms. The topological polar surface area (TPSA) is 37.3 Å². The summed E-state index contributed by atoms with van der Waals surface area (Å²) < 4.78 is 0. The zero-order valence-electron chi connectivity index (χ0n) is 8.09. The van der Waals surface area contributed by atoms with Gasteiger partial charge >= 0.3 is 0 Å². The minimum absolute atomic E-state index is 0.0206. The van der Waals surface area contributed by atoms with Crippen LogP contribution in [0.3, 0.4) is 0 Å². The summed E-state index contributed by atoms with van der Waals surface area (Å²) in [7, 11) is 0. The quantitative estimate of drug-likeness (QED) is 0.674. The molecule has 2 aliphatic rings. The van der Waals surface area contributed by atoms with Gasteiger partial charge in [0.15, 0.2) is 0 Å². The number of hydrogen-bond donors (Lipinski definition) is 1. The summed E-state index contributed by atoms with van der Waals surface area (Å²) in [5.41, 5.74) is -0.619. The highest BCUT2D eigenvalue weighted by molar-refractivity contribution is 5.84. The fourth-order valence-corrected chi connectivity index (χ4v) is 2.90. The Morgan fingerprint density at radius 1 is 1.15 bits per heavy atom. The van der Waals surface area contributed by atoms with Crippen LogP contribution in [0.25, 0.3) is 0 Å². The van der Waals surface area contributed by atoms with Gasteiger partial charge in [-0.2, -0.15) is 0 Å². The van der Waals surface area contributed by atoms with E-state index in [1.807, 2.05) is 0 Å². The van der Waals surface area contributed by atoms with Gasteiger partial charge in [-0.15, -0.1) is 0 Å². The summed E-state index contributed by atoms with van der Waals surface area (Å²) >= 11 is 0. The molecule has 0 spiro atoms. The van der Waals surface area contributed by atoms with Gasteiger partial charge in [0.05, 0.1) is 5.60 Å². The molecule has 2 heteroatoms. The fraction of sp³-hybridized carbons (Fsp3) is 0.909. The Balaban J connectivity index is 2.07. The molecule has 0 heterocycles. The van der Waals surface area contributed by atoms with Gasteiger partial charge in [-0.1, -0.05) is 19.3 Å². The third-order valence-electron chi connectivity index (χ3n) is 3.67. The summed E-state index contributed by atoms with van der Waals surface area (Å²) in [6.45, 7) is 0. The highest BCUT2D eigenvalue weighted by Crippen LogP contribution is 2.40. The van der Waals surface area contributed by atoms with Crippen LogP contribution in [0.15, 0.2) is 0 Å². The minimum Gasteiger partial charge on any atom is -0.389 e. The zero-order valence-corrected chi connectivity index (χ0v) is 8.09. The molecule has 2 aliphatic carbocycles.